The van der Waals surface area contributed by atoms with Gasteiger partial charge in [0.2, 0.25) is 0 Å². The molecule has 4 rings (SSSR count). The summed E-state index contributed by atoms with van der Waals surface area (Å²) in [5.74, 6) is 1.60. The molecular formula is C21H18N4O. The second-order valence-electron chi connectivity index (χ2n) is 5.77. The Labute approximate surface area is 151 Å². The zero-order valence-corrected chi connectivity index (χ0v) is 14.1. The molecule has 3 aromatic carbocycles. The van der Waals surface area contributed by atoms with Crippen molar-refractivity contribution in [3.63, 3.8) is 0 Å². The summed E-state index contributed by atoms with van der Waals surface area (Å²) in [6.45, 7) is 0.608. The quantitative estimate of drug-likeness (QED) is 0.553. The van der Waals surface area contributed by atoms with Gasteiger partial charge in [-0.2, -0.15) is 0 Å². The van der Waals surface area contributed by atoms with Crippen LogP contribution in [0.3, 0.4) is 0 Å². The fourth-order valence-corrected chi connectivity index (χ4v) is 2.65. The Balaban J connectivity index is 1.46. The molecule has 5 heteroatoms. The Bertz CT molecular complexity index is 967. The molecule has 1 aromatic heterocycles. The highest BCUT2D eigenvalue weighted by Gasteiger charge is 2.06. The number of nitrogens with one attached hydrogen (secondary N) is 1. The van der Waals surface area contributed by atoms with Crippen LogP contribution >= 0.6 is 0 Å². The van der Waals surface area contributed by atoms with Crippen LogP contribution in [0, 0.1) is 0 Å². The number of anilines is 1. The summed E-state index contributed by atoms with van der Waals surface area (Å²) in [5.41, 5.74) is 2.94. The van der Waals surface area contributed by atoms with E-state index >= 15 is 0 Å². The van der Waals surface area contributed by atoms with Gasteiger partial charge < -0.3 is 10.1 Å². The molecule has 128 valence electrons. The van der Waals surface area contributed by atoms with Gasteiger partial charge in [0.25, 0.3) is 0 Å². The van der Waals surface area contributed by atoms with Crippen LogP contribution in [0.4, 0.5) is 5.69 Å². The number of hydrogen-bond acceptors (Lipinski definition) is 4. The molecule has 0 bridgehead atoms. The molecule has 0 saturated heterocycles. The van der Waals surface area contributed by atoms with Gasteiger partial charge in [0, 0.05) is 11.8 Å². The molecule has 0 fully saturated rings. The van der Waals surface area contributed by atoms with Gasteiger partial charge in [0.1, 0.15) is 11.5 Å². The van der Waals surface area contributed by atoms with E-state index in [0.717, 1.165) is 28.6 Å². The van der Waals surface area contributed by atoms with Crippen molar-refractivity contribution in [2.45, 2.75) is 6.54 Å². The molecule has 0 aliphatic rings. The highest BCUT2D eigenvalue weighted by atomic mass is 16.5. The van der Waals surface area contributed by atoms with Crippen molar-refractivity contribution in [1.82, 2.24) is 15.0 Å². The number of hydrogen-bond donors (Lipinski definition) is 1. The van der Waals surface area contributed by atoms with Crippen LogP contribution in [0.1, 0.15) is 5.69 Å². The molecule has 0 spiro atoms. The van der Waals surface area contributed by atoms with Crippen LogP contribution in [-0.4, -0.2) is 15.0 Å². The number of ether oxygens (including phenoxy) is 1. The maximum Gasteiger partial charge on any atom is 0.129 e. The topological polar surface area (TPSA) is 52.0 Å². The van der Waals surface area contributed by atoms with Gasteiger partial charge in [-0.1, -0.05) is 47.7 Å². The average molecular weight is 342 g/mol. The molecule has 0 aliphatic heterocycles. The monoisotopic (exact) mass is 342 g/mol. The summed E-state index contributed by atoms with van der Waals surface area (Å²) in [6, 6.07) is 27.6. The third kappa shape index (κ3) is 3.72. The predicted molar refractivity (Wildman–Crippen MR) is 102 cm³/mol. The van der Waals surface area contributed by atoms with E-state index in [-0.39, 0.29) is 0 Å². The molecule has 0 atom stereocenters. The summed E-state index contributed by atoms with van der Waals surface area (Å²) in [4.78, 5) is 0. The fourth-order valence-electron chi connectivity index (χ4n) is 2.65. The van der Waals surface area contributed by atoms with Crippen molar-refractivity contribution in [2.75, 3.05) is 5.32 Å². The van der Waals surface area contributed by atoms with Gasteiger partial charge in [0.05, 0.1) is 24.1 Å². The number of nitrogens with zero attached hydrogens (tertiary/aromatic N) is 3. The highest BCUT2D eigenvalue weighted by Crippen LogP contribution is 2.24. The average Bonchev–Trinajstić information content (AvgIpc) is 3.17. The van der Waals surface area contributed by atoms with E-state index in [1.165, 1.54) is 0 Å². The summed E-state index contributed by atoms with van der Waals surface area (Å²) >= 11 is 0. The van der Waals surface area contributed by atoms with Gasteiger partial charge in [-0.3, -0.25) is 0 Å². The lowest BCUT2D eigenvalue weighted by molar-refractivity contribution is 0.483. The lowest BCUT2D eigenvalue weighted by atomic mass is 10.3. The van der Waals surface area contributed by atoms with Crippen molar-refractivity contribution in [3.8, 4) is 17.2 Å². The second kappa shape index (κ2) is 7.53. The molecular weight excluding hydrogens is 324 g/mol. The first-order valence-corrected chi connectivity index (χ1v) is 8.40. The number of benzene rings is 3. The third-order valence-corrected chi connectivity index (χ3v) is 3.91. The smallest absolute Gasteiger partial charge is 0.129 e. The highest BCUT2D eigenvalue weighted by molar-refractivity contribution is 5.49. The minimum Gasteiger partial charge on any atom is -0.457 e. The third-order valence-electron chi connectivity index (χ3n) is 3.91. The molecule has 5 nitrogen and oxygen atoms in total. The SMILES string of the molecule is c1ccc(Oc2cccc(NCc3cnnn3-c3ccccc3)c2)cc1. The molecule has 0 radical (unpaired) electrons. The minimum atomic E-state index is 0.608. The summed E-state index contributed by atoms with van der Waals surface area (Å²) < 4.78 is 7.71. The van der Waals surface area contributed by atoms with E-state index in [1.54, 1.807) is 6.20 Å². The lowest BCUT2D eigenvalue weighted by Gasteiger charge is -2.10. The number of rotatable bonds is 6. The van der Waals surface area contributed by atoms with Crippen molar-refractivity contribution in [1.29, 1.82) is 0 Å². The first kappa shape index (κ1) is 15.9. The maximum absolute atomic E-state index is 5.88. The van der Waals surface area contributed by atoms with Crippen molar-refractivity contribution >= 4 is 5.69 Å². The van der Waals surface area contributed by atoms with E-state index < -0.39 is 0 Å². The Morgan fingerprint density at radius 3 is 2.35 bits per heavy atom. The largest absolute Gasteiger partial charge is 0.457 e. The Hall–Kier alpha value is -3.60. The molecule has 0 unspecified atom stereocenters. The molecule has 1 heterocycles. The Kier molecular flexibility index (Phi) is 4.60. The van der Waals surface area contributed by atoms with Crippen LogP contribution in [-0.2, 0) is 6.54 Å². The summed E-state index contributed by atoms with van der Waals surface area (Å²) in [7, 11) is 0. The van der Waals surface area contributed by atoms with Gasteiger partial charge >= 0.3 is 0 Å². The first-order chi connectivity index (χ1) is 12.9. The van der Waals surface area contributed by atoms with Crippen molar-refractivity contribution in [3.05, 3.63) is 96.8 Å². The van der Waals surface area contributed by atoms with Crippen LogP contribution in [0.2, 0.25) is 0 Å². The number of para-hydroxylation sites is 2. The normalized spacial score (nSPS) is 10.5. The van der Waals surface area contributed by atoms with Gasteiger partial charge in [-0.25, -0.2) is 4.68 Å². The van der Waals surface area contributed by atoms with Crippen molar-refractivity contribution < 1.29 is 4.74 Å². The fraction of sp³-hybridized carbons (Fsp3) is 0.0476. The minimum absolute atomic E-state index is 0.608. The second-order valence-corrected chi connectivity index (χ2v) is 5.77. The van der Waals surface area contributed by atoms with E-state index in [2.05, 4.69) is 15.6 Å². The van der Waals surface area contributed by atoms with Crippen molar-refractivity contribution in [2.24, 2.45) is 0 Å². The van der Waals surface area contributed by atoms with Gasteiger partial charge in [-0.15, -0.1) is 5.10 Å². The van der Waals surface area contributed by atoms with Crippen LogP contribution in [0.25, 0.3) is 5.69 Å². The van der Waals surface area contributed by atoms with Crippen LogP contribution < -0.4 is 10.1 Å². The number of aromatic nitrogens is 3. The predicted octanol–water partition coefficient (Wildman–Crippen LogP) is 4.67. The zero-order chi connectivity index (χ0) is 17.6. The Morgan fingerprint density at radius 1 is 0.808 bits per heavy atom. The summed E-state index contributed by atoms with van der Waals surface area (Å²) in [6.07, 6.45) is 1.77. The molecule has 4 aromatic rings. The molecule has 26 heavy (non-hydrogen) atoms. The van der Waals surface area contributed by atoms with Crippen LogP contribution in [0.15, 0.2) is 91.1 Å². The van der Waals surface area contributed by atoms with Gasteiger partial charge in [0.15, 0.2) is 0 Å². The zero-order valence-electron chi connectivity index (χ0n) is 14.1. The first-order valence-electron chi connectivity index (χ1n) is 8.40. The van der Waals surface area contributed by atoms with Crippen LogP contribution in [0.5, 0.6) is 11.5 Å². The molecule has 0 amide bonds. The molecule has 1 N–H and O–H groups in total. The standard InChI is InChI=1S/C21H18N4O/c1-3-9-18(10-4-1)25-19(16-23-24-25)15-22-17-8-7-13-21(14-17)26-20-11-5-2-6-12-20/h1-14,16,22H,15H2. The molecule has 0 aliphatic carbocycles. The van der Waals surface area contributed by atoms with E-state index in [1.807, 2.05) is 89.6 Å². The Morgan fingerprint density at radius 2 is 1.54 bits per heavy atom. The maximum atomic E-state index is 5.88. The van der Waals surface area contributed by atoms with E-state index in [9.17, 15) is 0 Å². The van der Waals surface area contributed by atoms with Gasteiger partial charge in [-0.05, 0) is 36.4 Å². The van der Waals surface area contributed by atoms with E-state index in [4.69, 9.17) is 4.74 Å². The summed E-state index contributed by atoms with van der Waals surface area (Å²) in [5, 5.41) is 11.6. The van der Waals surface area contributed by atoms with E-state index in [0.29, 0.717) is 6.54 Å². The molecule has 0 saturated carbocycles. The lowest BCUT2D eigenvalue weighted by Crippen LogP contribution is -2.07.